The third kappa shape index (κ3) is 3.41. The summed E-state index contributed by atoms with van der Waals surface area (Å²) in [6, 6.07) is 8.62. The molecule has 1 heterocycles. The molecule has 0 spiro atoms. The van der Waals surface area contributed by atoms with E-state index in [1.54, 1.807) is 16.8 Å². The van der Waals surface area contributed by atoms with E-state index in [0.29, 0.717) is 18.5 Å². The third-order valence-electron chi connectivity index (χ3n) is 4.11. The molecule has 2 unspecified atom stereocenters. The van der Waals surface area contributed by atoms with Gasteiger partial charge >= 0.3 is 13.7 Å². The number of rotatable bonds is 6. The first-order chi connectivity index (χ1) is 10.5. The van der Waals surface area contributed by atoms with Crippen LogP contribution in [0.2, 0.25) is 0 Å². The van der Waals surface area contributed by atoms with E-state index >= 15 is 0 Å². The monoisotopic (exact) mass is 327 g/mol. The minimum atomic E-state index is -3.46. The fourth-order valence-corrected chi connectivity index (χ4v) is 4.63. The molecule has 2 atom stereocenters. The second-order valence-corrected chi connectivity index (χ2v) is 7.47. The quantitative estimate of drug-likeness (QED) is 0.809. The van der Waals surface area contributed by atoms with Crippen molar-refractivity contribution in [1.82, 2.24) is 4.67 Å². The van der Waals surface area contributed by atoms with Crippen molar-refractivity contribution in [3.63, 3.8) is 0 Å². The van der Waals surface area contributed by atoms with Crippen molar-refractivity contribution in [3.8, 4) is 0 Å². The van der Waals surface area contributed by atoms with E-state index in [2.05, 4.69) is 0 Å². The van der Waals surface area contributed by atoms with Gasteiger partial charge in [-0.3, -0.25) is 13.8 Å². The summed E-state index contributed by atoms with van der Waals surface area (Å²) in [7, 11) is -0.801. The average Bonchev–Trinajstić information content (AvgIpc) is 2.55. The van der Waals surface area contributed by atoms with E-state index < -0.39 is 25.7 Å². The molecule has 7 heteroatoms. The Bertz CT molecular complexity index is 542. The summed E-state index contributed by atoms with van der Waals surface area (Å²) in [4.78, 5) is 11.9. The van der Waals surface area contributed by atoms with E-state index in [-0.39, 0.29) is 0 Å². The summed E-state index contributed by atoms with van der Waals surface area (Å²) in [5, 5.41) is 9.71. The zero-order valence-electron chi connectivity index (χ0n) is 12.8. The summed E-state index contributed by atoms with van der Waals surface area (Å²) in [6.45, 7) is 0.500. The van der Waals surface area contributed by atoms with Crippen molar-refractivity contribution < 1.29 is 23.5 Å². The molecule has 1 aliphatic heterocycles. The SMILES string of the molecule is COP(=O)(OC)N1CCCCC1C(C(=O)O)c1ccccc1. The van der Waals surface area contributed by atoms with Crippen molar-refractivity contribution in [2.75, 3.05) is 20.8 Å². The molecule has 0 bridgehead atoms. The molecule has 1 saturated heterocycles. The van der Waals surface area contributed by atoms with Crippen LogP contribution in [0.25, 0.3) is 0 Å². The third-order valence-corrected chi connectivity index (χ3v) is 6.15. The number of hydrogen-bond donors (Lipinski definition) is 1. The molecule has 1 N–H and O–H groups in total. The predicted molar refractivity (Wildman–Crippen MR) is 82.8 cm³/mol. The maximum absolute atomic E-state index is 12.8. The van der Waals surface area contributed by atoms with Gasteiger partial charge in [-0.1, -0.05) is 36.8 Å². The minimum absolute atomic E-state index is 0.417. The molecule has 0 amide bonds. The van der Waals surface area contributed by atoms with Crippen molar-refractivity contribution >= 4 is 13.7 Å². The Morgan fingerprint density at radius 1 is 1.27 bits per heavy atom. The Morgan fingerprint density at radius 2 is 1.91 bits per heavy atom. The van der Waals surface area contributed by atoms with E-state index in [0.717, 1.165) is 12.8 Å². The second kappa shape index (κ2) is 7.38. The van der Waals surface area contributed by atoms with Gasteiger partial charge in [0.2, 0.25) is 0 Å². The van der Waals surface area contributed by atoms with Gasteiger partial charge in [-0.2, -0.15) is 0 Å². The Hall–Kier alpha value is -1.20. The van der Waals surface area contributed by atoms with Crippen LogP contribution in [0.1, 0.15) is 30.7 Å². The number of nitrogens with zero attached hydrogens (tertiary/aromatic N) is 1. The first-order valence-electron chi connectivity index (χ1n) is 7.30. The summed E-state index contributed by atoms with van der Waals surface area (Å²) >= 11 is 0. The maximum atomic E-state index is 12.8. The molecule has 22 heavy (non-hydrogen) atoms. The molecule has 1 aromatic rings. The summed E-state index contributed by atoms with van der Waals surface area (Å²) in [5.41, 5.74) is 0.700. The lowest BCUT2D eigenvalue weighted by molar-refractivity contribution is -0.140. The van der Waals surface area contributed by atoms with Gasteiger partial charge in [-0.05, 0) is 18.4 Å². The lowest BCUT2D eigenvalue weighted by Crippen LogP contribution is -2.44. The Labute approximate surface area is 130 Å². The second-order valence-electron chi connectivity index (χ2n) is 5.29. The van der Waals surface area contributed by atoms with Crippen molar-refractivity contribution in [1.29, 1.82) is 0 Å². The predicted octanol–water partition coefficient (Wildman–Crippen LogP) is 3.11. The minimum Gasteiger partial charge on any atom is -0.481 e. The Morgan fingerprint density at radius 3 is 2.45 bits per heavy atom. The molecule has 1 aliphatic rings. The van der Waals surface area contributed by atoms with Crippen LogP contribution >= 0.6 is 7.75 Å². The van der Waals surface area contributed by atoms with Crippen LogP contribution in [0.5, 0.6) is 0 Å². The van der Waals surface area contributed by atoms with E-state index in [4.69, 9.17) is 9.05 Å². The van der Waals surface area contributed by atoms with Gasteiger partial charge in [0, 0.05) is 26.8 Å². The molecular weight excluding hydrogens is 305 g/mol. The van der Waals surface area contributed by atoms with E-state index in [9.17, 15) is 14.5 Å². The number of carbonyl (C=O) groups is 1. The molecule has 6 nitrogen and oxygen atoms in total. The smallest absolute Gasteiger partial charge is 0.407 e. The molecule has 1 aromatic carbocycles. The number of carboxylic acids is 1. The molecule has 0 aliphatic carbocycles. The molecule has 1 fully saturated rings. The first-order valence-corrected chi connectivity index (χ1v) is 8.79. The van der Waals surface area contributed by atoms with Gasteiger partial charge in [-0.25, -0.2) is 9.24 Å². The van der Waals surface area contributed by atoms with Gasteiger partial charge < -0.3 is 5.11 Å². The zero-order chi connectivity index (χ0) is 16.2. The standard InChI is InChI=1S/C15H22NO5P/c1-20-22(19,21-2)16-11-7-6-10-13(16)14(15(17)18)12-8-4-3-5-9-12/h3-5,8-9,13-14H,6-7,10-11H2,1-2H3,(H,17,18). The van der Waals surface area contributed by atoms with Crippen LogP contribution < -0.4 is 0 Å². The van der Waals surface area contributed by atoms with Crippen molar-refractivity contribution in [2.24, 2.45) is 0 Å². The van der Waals surface area contributed by atoms with Gasteiger partial charge in [0.15, 0.2) is 0 Å². The van der Waals surface area contributed by atoms with Crippen LogP contribution in [0.15, 0.2) is 30.3 Å². The highest BCUT2D eigenvalue weighted by Crippen LogP contribution is 2.55. The fraction of sp³-hybridized carbons (Fsp3) is 0.533. The first kappa shape index (κ1) is 17.2. The molecule has 0 radical (unpaired) electrons. The number of aliphatic carboxylic acids is 1. The fourth-order valence-electron chi connectivity index (χ4n) is 3.06. The van der Waals surface area contributed by atoms with E-state index in [1.165, 1.54) is 14.2 Å². The lowest BCUT2D eigenvalue weighted by Gasteiger charge is -2.40. The highest BCUT2D eigenvalue weighted by Gasteiger charge is 2.44. The van der Waals surface area contributed by atoms with Crippen LogP contribution in [-0.2, 0) is 18.4 Å². The van der Waals surface area contributed by atoms with Gasteiger partial charge in [-0.15, -0.1) is 0 Å². The van der Waals surface area contributed by atoms with Crippen LogP contribution in [0.4, 0.5) is 0 Å². The van der Waals surface area contributed by atoms with Crippen molar-refractivity contribution in [3.05, 3.63) is 35.9 Å². The number of benzene rings is 1. The van der Waals surface area contributed by atoms with Gasteiger partial charge in [0.25, 0.3) is 0 Å². The molecule has 0 aromatic heterocycles. The van der Waals surface area contributed by atoms with Crippen LogP contribution in [0, 0.1) is 0 Å². The summed E-state index contributed by atoms with van der Waals surface area (Å²) in [5.74, 6) is -1.69. The lowest BCUT2D eigenvalue weighted by atomic mass is 9.86. The molecular formula is C15H22NO5P. The normalized spacial score (nSPS) is 21.5. The summed E-state index contributed by atoms with van der Waals surface area (Å²) in [6.07, 6.45) is 2.38. The average molecular weight is 327 g/mol. The Kier molecular flexibility index (Phi) is 5.75. The Balaban J connectivity index is 2.40. The number of hydrogen-bond acceptors (Lipinski definition) is 4. The topological polar surface area (TPSA) is 76.1 Å². The summed E-state index contributed by atoms with van der Waals surface area (Å²) < 4.78 is 24.5. The van der Waals surface area contributed by atoms with Crippen molar-refractivity contribution in [2.45, 2.75) is 31.2 Å². The number of carboxylic acid groups (broad SMARTS) is 1. The molecule has 2 rings (SSSR count). The highest BCUT2D eigenvalue weighted by atomic mass is 31.2. The largest absolute Gasteiger partial charge is 0.481 e. The van der Waals surface area contributed by atoms with E-state index in [1.807, 2.05) is 18.2 Å². The van der Waals surface area contributed by atoms with Gasteiger partial charge in [0.05, 0.1) is 5.92 Å². The van der Waals surface area contributed by atoms with Crippen LogP contribution in [-0.4, -0.2) is 42.6 Å². The zero-order valence-corrected chi connectivity index (χ0v) is 13.7. The molecule has 122 valence electrons. The molecule has 0 saturated carbocycles. The highest BCUT2D eigenvalue weighted by molar-refractivity contribution is 7.51. The van der Waals surface area contributed by atoms with Crippen LogP contribution in [0.3, 0.4) is 0 Å². The number of piperidine rings is 1. The van der Waals surface area contributed by atoms with Gasteiger partial charge in [0.1, 0.15) is 0 Å². The maximum Gasteiger partial charge on any atom is 0.407 e.